The van der Waals surface area contributed by atoms with Crippen LogP contribution in [0.15, 0.2) is 23.2 Å². The third-order valence-electron chi connectivity index (χ3n) is 4.03. The summed E-state index contributed by atoms with van der Waals surface area (Å²) in [5.74, 6) is 0.00446. The molecule has 0 saturated carbocycles. The molecule has 1 amide bonds. The molecule has 1 aromatic carbocycles. The van der Waals surface area contributed by atoms with Gasteiger partial charge in [-0.1, -0.05) is 6.07 Å². The third-order valence-corrected chi connectivity index (χ3v) is 4.03. The molecule has 8 heteroatoms. The third kappa shape index (κ3) is 9.35. The Kier molecular flexibility index (Phi) is 11.0. The molecule has 0 aliphatic heterocycles. The Morgan fingerprint density at radius 1 is 1.19 bits per heavy atom. The maximum absolute atomic E-state index is 13.5. The highest BCUT2D eigenvalue weighted by atomic mass is 19.1. The molecule has 0 saturated heterocycles. The van der Waals surface area contributed by atoms with E-state index in [9.17, 15) is 9.18 Å². The summed E-state index contributed by atoms with van der Waals surface area (Å²) in [6.07, 6.45) is 1.00. The Bertz CT molecular complexity index is 610. The van der Waals surface area contributed by atoms with Crippen molar-refractivity contribution in [1.29, 1.82) is 0 Å². The van der Waals surface area contributed by atoms with Crippen molar-refractivity contribution in [1.82, 2.24) is 20.9 Å². The lowest BCUT2D eigenvalue weighted by Crippen LogP contribution is -2.43. The minimum Gasteiger partial charge on any atom is -0.385 e. The average Bonchev–Trinajstić information content (AvgIpc) is 2.65. The molecule has 0 spiro atoms. The predicted octanol–water partition coefficient (Wildman–Crippen LogP) is 0.997. The number of carbonyl (C=O) groups is 1. The van der Waals surface area contributed by atoms with Gasteiger partial charge in [0.15, 0.2) is 5.96 Å². The van der Waals surface area contributed by atoms with Gasteiger partial charge in [-0.25, -0.2) is 4.39 Å². The average molecular weight is 381 g/mol. The van der Waals surface area contributed by atoms with Crippen LogP contribution in [0.1, 0.15) is 22.3 Å². The van der Waals surface area contributed by atoms with Gasteiger partial charge in [0.05, 0.1) is 0 Å². The molecule has 0 aliphatic carbocycles. The lowest BCUT2D eigenvalue weighted by atomic mass is 10.1. The van der Waals surface area contributed by atoms with Crippen LogP contribution in [0.4, 0.5) is 4.39 Å². The Morgan fingerprint density at radius 2 is 1.89 bits per heavy atom. The Labute approximate surface area is 161 Å². The summed E-state index contributed by atoms with van der Waals surface area (Å²) in [6, 6.07) is 4.47. The van der Waals surface area contributed by atoms with Gasteiger partial charge in [-0.2, -0.15) is 0 Å². The van der Waals surface area contributed by atoms with E-state index in [2.05, 4.69) is 32.9 Å². The number of ether oxygens (including phenoxy) is 1. The normalized spacial score (nSPS) is 11.6. The molecular formula is C19H32FN5O2. The van der Waals surface area contributed by atoms with Crippen molar-refractivity contribution in [3.8, 4) is 0 Å². The highest BCUT2D eigenvalue weighted by molar-refractivity contribution is 5.94. The van der Waals surface area contributed by atoms with Gasteiger partial charge in [0, 0.05) is 59.1 Å². The number of rotatable bonds is 11. The summed E-state index contributed by atoms with van der Waals surface area (Å²) in [4.78, 5) is 18.4. The quantitative estimate of drug-likeness (QED) is 0.303. The number of likely N-dealkylation sites (N-methyl/N-ethyl adjacent to an activating group) is 1. The zero-order valence-corrected chi connectivity index (χ0v) is 16.8. The van der Waals surface area contributed by atoms with Gasteiger partial charge in [0.1, 0.15) is 5.82 Å². The summed E-state index contributed by atoms with van der Waals surface area (Å²) >= 11 is 0. The second-order valence-corrected chi connectivity index (χ2v) is 6.30. The maximum atomic E-state index is 13.5. The fourth-order valence-electron chi connectivity index (χ4n) is 2.37. The van der Waals surface area contributed by atoms with E-state index in [4.69, 9.17) is 4.74 Å². The first-order chi connectivity index (χ1) is 13.0. The summed E-state index contributed by atoms with van der Waals surface area (Å²) in [7, 11) is 5.47. The minimum absolute atomic E-state index is 0.295. The van der Waals surface area contributed by atoms with E-state index in [1.165, 1.54) is 6.07 Å². The highest BCUT2D eigenvalue weighted by Crippen LogP contribution is 2.08. The van der Waals surface area contributed by atoms with Crippen LogP contribution in [0.25, 0.3) is 0 Å². The molecule has 0 aromatic heterocycles. The molecule has 3 N–H and O–H groups in total. The van der Waals surface area contributed by atoms with E-state index in [1.807, 2.05) is 0 Å². The first-order valence-corrected chi connectivity index (χ1v) is 9.14. The topological polar surface area (TPSA) is 78.0 Å². The van der Waals surface area contributed by atoms with Gasteiger partial charge in [0.25, 0.3) is 5.91 Å². The second kappa shape index (κ2) is 13.1. The number of aryl methyl sites for hydroxylation is 1. The van der Waals surface area contributed by atoms with Crippen molar-refractivity contribution in [3.63, 3.8) is 0 Å². The van der Waals surface area contributed by atoms with E-state index in [1.54, 1.807) is 33.2 Å². The monoisotopic (exact) mass is 381 g/mol. The van der Waals surface area contributed by atoms with Crippen molar-refractivity contribution in [3.05, 3.63) is 35.1 Å². The number of guanidine groups is 1. The van der Waals surface area contributed by atoms with Crippen molar-refractivity contribution < 1.29 is 13.9 Å². The van der Waals surface area contributed by atoms with Crippen LogP contribution in [0.2, 0.25) is 0 Å². The Morgan fingerprint density at radius 3 is 2.56 bits per heavy atom. The molecule has 1 rings (SSSR count). The first-order valence-electron chi connectivity index (χ1n) is 9.14. The fourth-order valence-corrected chi connectivity index (χ4v) is 2.37. The summed E-state index contributed by atoms with van der Waals surface area (Å²) in [6.45, 7) is 5.99. The van der Waals surface area contributed by atoms with E-state index in [-0.39, 0.29) is 11.7 Å². The molecule has 0 radical (unpaired) electrons. The van der Waals surface area contributed by atoms with E-state index < -0.39 is 0 Å². The molecule has 152 valence electrons. The lowest BCUT2D eigenvalue weighted by Gasteiger charge is -2.18. The lowest BCUT2D eigenvalue weighted by molar-refractivity contribution is 0.0954. The van der Waals surface area contributed by atoms with Gasteiger partial charge < -0.3 is 25.6 Å². The number of methoxy groups -OCH3 is 1. The highest BCUT2D eigenvalue weighted by Gasteiger charge is 2.07. The van der Waals surface area contributed by atoms with Crippen LogP contribution in [0.3, 0.4) is 0 Å². The fraction of sp³-hybridized carbons (Fsp3) is 0.579. The largest absolute Gasteiger partial charge is 0.385 e. The van der Waals surface area contributed by atoms with Crippen LogP contribution in [0.5, 0.6) is 0 Å². The number of nitrogens with one attached hydrogen (secondary N) is 3. The second-order valence-electron chi connectivity index (χ2n) is 6.30. The number of benzene rings is 1. The molecule has 0 fully saturated rings. The summed E-state index contributed by atoms with van der Waals surface area (Å²) < 4.78 is 18.6. The molecule has 27 heavy (non-hydrogen) atoms. The minimum atomic E-state index is -0.377. The van der Waals surface area contributed by atoms with E-state index in [0.29, 0.717) is 30.2 Å². The van der Waals surface area contributed by atoms with Gasteiger partial charge >= 0.3 is 0 Å². The molecule has 0 unspecified atom stereocenters. The molecule has 0 atom stereocenters. The number of aliphatic imine (C=N–C) groups is 1. The number of nitrogens with zero attached hydrogens (tertiary/aromatic N) is 2. The standard InChI is InChI=1S/C19H32FN5O2/c1-15-6-7-16(14-17(15)20)18(26)22-8-9-23-19(21-2)24-10-12-25(3)11-5-13-27-4/h6-7,14H,5,8-13H2,1-4H3,(H,22,26)(H2,21,23,24). The van der Waals surface area contributed by atoms with Crippen molar-refractivity contribution in [2.45, 2.75) is 13.3 Å². The van der Waals surface area contributed by atoms with Gasteiger partial charge in [0.2, 0.25) is 0 Å². The Balaban J connectivity index is 2.21. The van der Waals surface area contributed by atoms with Crippen molar-refractivity contribution >= 4 is 11.9 Å². The zero-order valence-electron chi connectivity index (χ0n) is 16.8. The van der Waals surface area contributed by atoms with Crippen LogP contribution in [-0.4, -0.2) is 77.3 Å². The molecule has 0 bridgehead atoms. The smallest absolute Gasteiger partial charge is 0.251 e. The van der Waals surface area contributed by atoms with Gasteiger partial charge in [-0.15, -0.1) is 0 Å². The molecule has 7 nitrogen and oxygen atoms in total. The first kappa shape index (κ1) is 22.9. The van der Waals surface area contributed by atoms with Crippen molar-refractivity contribution in [2.24, 2.45) is 4.99 Å². The molecule has 1 aromatic rings. The SMILES string of the molecule is CN=C(NCCNC(=O)c1ccc(C)c(F)c1)NCCN(C)CCCOC. The number of carbonyl (C=O) groups excluding carboxylic acids is 1. The maximum Gasteiger partial charge on any atom is 0.251 e. The zero-order chi connectivity index (χ0) is 20.1. The predicted molar refractivity (Wildman–Crippen MR) is 107 cm³/mol. The summed E-state index contributed by atoms with van der Waals surface area (Å²) in [5, 5.41) is 9.12. The van der Waals surface area contributed by atoms with E-state index in [0.717, 1.165) is 32.7 Å². The van der Waals surface area contributed by atoms with Gasteiger partial charge in [-0.3, -0.25) is 9.79 Å². The van der Waals surface area contributed by atoms with Crippen LogP contribution in [0, 0.1) is 12.7 Å². The van der Waals surface area contributed by atoms with Crippen LogP contribution >= 0.6 is 0 Å². The van der Waals surface area contributed by atoms with Gasteiger partial charge in [-0.05, 0) is 38.1 Å². The number of halogens is 1. The van der Waals surface area contributed by atoms with E-state index >= 15 is 0 Å². The number of amides is 1. The number of hydrogen-bond acceptors (Lipinski definition) is 4. The number of hydrogen-bond donors (Lipinski definition) is 3. The van der Waals surface area contributed by atoms with Crippen molar-refractivity contribution in [2.75, 3.05) is 60.5 Å². The van der Waals surface area contributed by atoms with Crippen LogP contribution < -0.4 is 16.0 Å². The Hall–Kier alpha value is -2.19. The summed E-state index contributed by atoms with van der Waals surface area (Å²) in [5.41, 5.74) is 0.838. The molecule has 0 heterocycles. The molecule has 0 aliphatic rings. The van der Waals surface area contributed by atoms with Crippen LogP contribution in [-0.2, 0) is 4.74 Å². The molecular weight excluding hydrogens is 349 g/mol.